The van der Waals surface area contributed by atoms with Gasteiger partial charge in [0.05, 0.1) is 16.2 Å². The van der Waals surface area contributed by atoms with Crippen LogP contribution < -0.4 is 0 Å². The Morgan fingerprint density at radius 2 is 1.81 bits per heavy atom. The number of carbonyl (C=O) groups excluding carboxylic acids is 3. The zero-order valence-corrected chi connectivity index (χ0v) is 18.3. The van der Waals surface area contributed by atoms with Gasteiger partial charge in [0.1, 0.15) is 28.0 Å². The largest absolute Gasteiger partial charge is 0.459 e. The van der Waals surface area contributed by atoms with E-state index in [4.69, 9.17) is 16.3 Å². The second-order valence-corrected chi connectivity index (χ2v) is 9.80. The van der Waals surface area contributed by atoms with E-state index in [2.05, 4.69) is 0 Å². The van der Waals surface area contributed by atoms with Crippen molar-refractivity contribution in [1.82, 2.24) is 4.90 Å². The molecule has 0 radical (unpaired) electrons. The standard InChI is InChI=1S/C20H17ClN2O8S/c1-32(29,30)10-9-16(20(26)31-11-12-5-7-13(21)8-6-12)22-18(24)14-3-2-4-15(23(27)28)17(14)19(22)25/h2-8,16H,9-11H2,1H3/t16-/m1/s1. The van der Waals surface area contributed by atoms with E-state index in [1.807, 2.05) is 0 Å². The molecule has 0 saturated carbocycles. The number of esters is 1. The zero-order chi connectivity index (χ0) is 23.6. The average Bonchev–Trinajstić information content (AvgIpc) is 2.98. The number of nitro groups is 1. The van der Waals surface area contributed by atoms with Gasteiger partial charge >= 0.3 is 5.97 Å². The van der Waals surface area contributed by atoms with Crippen LogP contribution in [0.4, 0.5) is 5.69 Å². The average molecular weight is 481 g/mol. The van der Waals surface area contributed by atoms with E-state index < -0.39 is 62.0 Å². The van der Waals surface area contributed by atoms with Gasteiger partial charge in [0.15, 0.2) is 0 Å². The highest BCUT2D eigenvalue weighted by atomic mass is 35.5. The van der Waals surface area contributed by atoms with Crippen LogP contribution in [0.2, 0.25) is 5.02 Å². The summed E-state index contributed by atoms with van der Waals surface area (Å²) in [5, 5.41) is 11.8. The van der Waals surface area contributed by atoms with Crippen molar-refractivity contribution in [2.24, 2.45) is 0 Å². The molecule has 0 saturated heterocycles. The van der Waals surface area contributed by atoms with Crippen LogP contribution in [0.1, 0.15) is 32.7 Å². The summed E-state index contributed by atoms with van der Waals surface area (Å²) in [6, 6.07) is 8.33. The molecule has 2 aromatic carbocycles. The Morgan fingerprint density at radius 3 is 2.41 bits per heavy atom. The molecule has 0 bridgehead atoms. The summed E-state index contributed by atoms with van der Waals surface area (Å²) in [6.45, 7) is -0.214. The van der Waals surface area contributed by atoms with Crippen molar-refractivity contribution in [2.45, 2.75) is 19.1 Å². The predicted octanol–water partition coefficient (Wildman–Crippen LogP) is 2.39. The quantitative estimate of drug-likeness (QED) is 0.242. The van der Waals surface area contributed by atoms with Gasteiger partial charge in [-0.15, -0.1) is 0 Å². The van der Waals surface area contributed by atoms with Crippen molar-refractivity contribution >= 4 is 44.9 Å². The van der Waals surface area contributed by atoms with Crippen molar-refractivity contribution in [3.8, 4) is 0 Å². The molecule has 168 valence electrons. The first-order chi connectivity index (χ1) is 15.0. The molecule has 1 aliphatic heterocycles. The molecule has 0 unspecified atom stereocenters. The molecule has 3 rings (SSSR count). The third-order valence-electron chi connectivity index (χ3n) is 4.76. The van der Waals surface area contributed by atoms with E-state index in [-0.39, 0.29) is 12.2 Å². The first-order valence-corrected chi connectivity index (χ1v) is 11.7. The number of imide groups is 1. The Balaban J connectivity index is 1.91. The number of carbonyl (C=O) groups is 3. The number of nitrogens with zero attached hydrogens (tertiary/aromatic N) is 2. The van der Waals surface area contributed by atoms with E-state index in [9.17, 15) is 32.9 Å². The highest BCUT2D eigenvalue weighted by Gasteiger charge is 2.47. The van der Waals surface area contributed by atoms with E-state index in [0.29, 0.717) is 15.5 Å². The maximum absolute atomic E-state index is 12.9. The lowest BCUT2D eigenvalue weighted by Gasteiger charge is -2.24. The first kappa shape index (κ1) is 23.4. The van der Waals surface area contributed by atoms with Gasteiger partial charge < -0.3 is 4.74 Å². The van der Waals surface area contributed by atoms with E-state index in [0.717, 1.165) is 12.3 Å². The number of hydrogen-bond donors (Lipinski definition) is 0. The molecular formula is C20H17ClN2O8S. The number of benzene rings is 2. The number of rotatable bonds is 8. The topological polar surface area (TPSA) is 141 Å². The molecular weight excluding hydrogens is 464 g/mol. The minimum atomic E-state index is -3.56. The van der Waals surface area contributed by atoms with Crippen LogP contribution in [0.5, 0.6) is 0 Å². The van der Waals surface area contributed by atoms with Gasteiger partial charge in [0.25, 0.3) is 17.5 Å². The smallest absolute Gasteiger partial charge is 0.329 e. The van der Waals surface area contributed by atoms with Crippen molar-refractivity contribution in [3.05, 3.63) is 74.3 Å². The summed E-state index contributed by atoms with van der Waals surface area (Å²) in [7, 11) is -3.56. The second kappa shape index (κ2) is 9.05. The minimum Gasteiger partial charge on any atom is -0.459 e. The van der Waals surface area contributed by atoms with Crippen molar-refractivity contribution in [1.29, 1.82) is 0 Å². The molecule has 0 spiro atoms. The fourth-order valence-corrected chi connectivity index (χ4v) is 4.01. The van der Waals surface area contributed by atoms with Crippen LogP contribution in [-0.4, -0.2) is 54.1 Å². The summed E-state index contributed by atoms with van der Waals surface area (Å²) in [4.78, 5) is 49.7. The Bertz CT molecular complexity index is 1210. The van der Waals surface area contributed by atoms with Gasteiger partial charge in [-0.05, 0) is 30.2 Å². The number of amides is 2. The summed E-state index contributed by atoms with van der Waals surface area (Å²) < 4.78 is 28.6. The summed E-state index contributed by atoms with van der Waals surface area (Å²) in [6.07, 6.45) is 0.522. The maximum Gasteiger partial charge on any atom is 0.329 e. The lowest BCUT2D eigenvalue weighted by Crippen LogP contribution is -2.46. The lowest BCUT2D eigenvalue weighted by molar-refractivity contribution is -0.385. The van der Waals surface area contributed by atoms with Crippen LogP contribution in [0, 0.1) is 10.1 Å². The molecule has 1 atom stereocenters. The highest BCUT2D eigenvalue weighted by molar-refractivity contribution is 7.90. The van der Waals surface area contributed by atoms with Crippen LogP contribution in [-0.2, 0) is 26.0 Å². The maximum atomic E-state index is 12.9. The minimum absolute atomic E-state index is 0.214. The third kappa shape index (κ3) is 4.94. The number of halogens is 1. The monoisotopic (exact) mass is 480 g/mol. The van der Waals surface area contributed by atoms with E-state index >= 15 is 0 Å². The Labute approximate surface area is 187 Å². The molecule has 0 N–H and O–H groups in total. The molecule has 1 aliphatic rings. The van der Waals surface area contributed by atoms with Gasteiger partial charge in [-0.2, -0.15) is 0 Å². The number of hydrogen-bond acceptors (Lipinski definition) is 8. The lowest BCUT2D eigenvalue weighted by atomic mass is 10.1. The van der Waals surface area contributed by atoms with Crippen molar-refractivity contribution in [3.63, 3.8) is 0 Å². The molecule has 2 aromatic rings. The Hall–Kier alpha value is -3.31. The van der Waals surface area contributed by atoms with Gasteiger partial charge in [-0.3, -0.25) is 24.6 Å². The fourth-order valence-electron chi connectivity index (χ4n) is 3.23. The molecule has 1 heterocycles. The third-order valence-corrected chi connectivity index (χ3v) is 5.99. The van der Waals surface area contributed by atoms with Crippen molar-refractivity contribution < 1.29 is 32.5 Å². The molecule has 10 nitrogen and oxygen atoms in total. The number of nitro benzene ring substituents is 1. The predicted molar refractivity (Wildman–Crippen MR) is 113 cm³/mol. The van der Waals surface area contributed by atoms with Crippen LogP contribution >= 0.6 is 11.6 Å². The fraction of sp³-hybridized carbons (Fsp3) is 0.250. The van der Waals surface area contributed by atoms with E-state index in [1.165, 1.54) is 12.1 Å². The Morgan fingerprint density at radius 1 is 1.16 bits per heavy atom. The first-order valence-electron chi connectivity index (χ1n) is 9.23. The van der Waals surface area contributed by atoms with E-state index in [1.54, 1.807) is 24.3 Å². The van der Waals surface area contributed by atoms with Gasteiger partial charge in [0.2, 0.25) is 0 Å². The molecule has 0 aliphatic carbocycles. The van der Waals surface area contributed by atoms with Crippen molar-refractivity contribution in [2.75, 3.05) is 12.0 Å². The summed E-state index contributed by atoms with van der Waals surface area (Å²) in [5.74, 6) is -3.51. The van der Waals surface area contributed by atoms with Crippen LogP contribution in [0.3, 0.4) is 0 Å². The Kier molecular flexibility index (Phi) is 6.60. The summed E-state index contributed by atoms with van der Waals surface area (Å²) >= 11 is 5.81. The second-order valence-electron chi connectivity index (χ2n) is 7.11. The van der Waals surface area contributed by atoms with Gasteiger partial charge in [-0.25, -0.2) is 13.2 Å². The van der Waals surface area contributed by atoms with Gasteiger partial charge in [-0.1, -0.05) is 29.8 Å². The number of ether oxygens (including phenoxy) is 1. The van der Waals surface area contributed by atoms with Crippen LogP contribution in [0.15, 0.2) is 42.5 Å². The number of fused-ring (bicyclic) bond motifs is 1. The molecule has 2 amide bonds. The zero-order valence-electron chi connectivity index (χ0n) is 16.7. The van der Waals surface area contributed by atoms with Crippen LogP contribution in [0.25, 0.3) is 0 Å². The summed E-state index contributed by atoms with van der Waals surface area (Å²) in [5.41, 5.74) is -0.696. The molecule has 12 heteroatoms. The van der Waals surface area contributed by atoms with Gasteiger partial charge in [0, 0.05) is 17.3 Å². The molecule has 0 aromatic heterocycles. The molecule has 0 fully saturated rings. The number of sulfone groups is 1. The highest BCUT2D eigenvalue weighted by Crippen LogP contribution is 2.33. The molecule has 32 heavy (non-hydrogen) atoms. The SMILES string of the molecule is CS(=O)(=O)CC[C@H](C(=O)OCc1ccc(Cl)cc1)N1C(=O)c2cccc([N+](=O)[O-])c2C1=O. The normalized spacial score (nSPS) is 14.2.